The van der Waals surface area contributed by atoms with E-state index < -0.39 is 12.0 Å². The van der Waals surface area contributed by atoms with E-state index in [-0.39, 0.29) is 11.8 Å². The van der Waals surface area contributed by atoms with Crippen molar-refractivity contribution in [1.82, 2.24) is 5.32 Å². The first-order chi connectivity index (χ1) is 9.31. The minimum atomic E-state index is -1.03. The van der Waals surface area contributed by atoms with E-state index in [0.29, 0.717) is 5.92 Å². The van der Waals surface area contributed by atoms with Gasteiger partial charge in [-0.1, -0.05) is 38.1 Å². The van der Waals surface area contributed by atoms with Gasteiger partial charge in [-0.25, -0.2) is 0 Å². The second-order valence-electron chi connectivity index (χ2n) is 5.63. The molecule has 0 fully saturated rings. The number of carbonyl (C=O) groups excluding carboxylic acids is 1. The van der Waals surface area contributed by atoms with Crippen molar-refractivity contribution >= 4 is 11.9 Å². The summed E-state index contributed by atoms with van der Waals surface area (Å²) in [5.41, 5.74) is 2.14. The molecule has 110 valence electrons. The Morgan fingerprint density at radius 1 is 1.10 bits per heavy atom. The van der Waals surface area contributed by atoms with Crippen LogP contribution in [0.1, 0.15) is 44.7 Å². The Morgan fingerprint density at radius 2 is 1.65 bits per heavy atom. The van der Waals surface area contributed by atoms with Crippen LogP contribution >= 0.6 is 0 Å². The second-order valence-corrected chi connectivity index (χ2v) is 5.63. The largest absolute Gasteiger partial charge is 0.480 e. The van der Waals surface area contributed by atoms with Crippen molar-refractivity contribution in [3.05, 3.63) is 35.4 Å². The summed E-state index contributed by atoms with van der Waals surface area (Å²) in [7, 11) is 0. The van der Waals surface area contributed by atoms with Gasteiger partial charge in [0.25, 0.3) is 0 Å². The lowest BCUT2D eigenvalue weighted by molar-refractivity contribution is -0.141. The predicted octanol–water partition coefficient (Wildman–Crippen LogP) is 2.58. The lowest BCUT2D eigenvalue weighted by Gasteiger charge is -2.15. The van der Waals surface area contributed by atoms with Crippen molar-refractivity contribution in [2.24, 2.45) is 5.92 Å². The summed E-state index contributed by atoms with van der Waals surface area (Å²) in [6.07, 6.45) is 1.01. The number of rotatable bonds is 6. The van der Waals surface area contributed by atoms with Gasteiger partial charge in [0.1, 0.15) is 6.04 Å². The van der Waals surface area contributed by atoms with Crippen molar-refractivity contribution in [2.45, 2.75) is 46.1 Å². The van der Waals surface area contributed by atoms with E-state index in [2.05, 4.69) is 19.2 Å². The summed E-state index contributed by atoms with van der Waals surface area (Å²) in [4.78, 5) is 22.7. The third-order valence-electron chi connectivity index (χ3n) is 3.25. The van der Waals surface area contributed by atoms with Gasteiger partial charge < -0.3 is 10.4 Å². The molecular weight excluding hydrogens is 254 g/mol. The van der Waals surface area contributed by atoms with Gasteiger partial charge >= 0.3 is 5.97 Å². The monoisotopic (exact) mass is 277 g/mol. The fourth-order valence-corrected chi connectivity index (χ4v) is 1.97. The highest BCUT2D eigenvalue weighted by atomic mass is 16.4. The highest BCUT2D eigenvalue weighted by molar-refractivity contribution is 5.87. The predicted molar refractivity (Wildman–Crippen MR) is 78.6 cm³/mol. The number of benzene rings is 1. The third kappa shape index (κ3) is 4.68. The van der Waals surface area contributed by atoms with Crippen molar-refractivity contribution in [3.63, 3.8) is 0 Å². The SMILES string of the molecule is CC(C)Cc1ccc(C(C)C(=O)N[C@@H](C)C(=O)O)cc1. The molecule has 4 heteroatoms. The van der Waals surface area contributed by atoms with E-state index in [1.165, 1.54) is 12.5 Å². The second kappa shape index (κ2) is 7.08. The van der Waals surface area contributed by atoms with Gasteiger partial charge in [0.05, 0.1) is 5.92 Å². The van der Waals surface area contributed by atoms with E-state index in [4.69, 9.17) is 5.11 Å². The van der Waals surface area contributed by atoms with E-state index >= 15 is 0 Å². The highest BCUT2D eigenvalue weighted by Crippen LogP contribution is 2.17. The lowest BCUT2D eigenvalue weighted by Crippen LogP contribution is -2.40. The van der Waals surface area contributed by atoms with Gasteiger partial charge in [-0.05, 0) is 37.3 Å². The van der Waals surface area contributed by atoms with Gasteiger partial charge in [0, 0.05) is 0 Å². The summed E-state index contributed by atoms with van der Waals surface area (Å²) in [5.74, 6) is -1.06. The number of hydrogen-bond acceptors (Lipinski definition) is 2. The Bertz CT molecular complexity index is 465. The lowest BCUT2D eigenvalue weighted by atomic mass is 9.96. The zero-order valence-corrected chi connectivity index (χ0v) is 12.5. The quantitative estimate of drug-likeness (QED) is 0.840. The third-order valence-corrected chi connectivity index (χ3v) is 3.25. The molecule has 0 aliphatic rings. The Hall–Kier alpha value is -1.84. The number of amides is 1. The molecule has 0 aliphatic carbocycles. The van der Waals surface area contributed by atoms with Gasteiger partial charge in [0.2, 0.25) is 5.91 Å². The molecule has 1 amide bonds. The molecule has 2 N–H and O–H groups in total. The number of aliphatic carboxylic acids is 1. The van der Waals surface area contributed by atoms with Crippen LogP contribution in [0.5, 0.6) is 0 Å². The Balaban J connectivity index is 2.69. The van der Waals surface area contributed by atoms with Gasteiger partial charge in [0.15, 0.2) is 0 Å². The maximum absolute atomic E-state index is 11.9. The normalized spacial score (nSPS) is 13.8. The molecule has 0 saturated carbocycles. The van der Waals surface area contributed by atoms with Crippen molar-refractivity contribution in [3.8, 4) is 0 Å². The molecule has 4 nitrogen and oxygen atoms in total. The fraction of sp³-hybridized carbons (Fsp3) is 0.500. The van der Waals surface area contributed by atoms with Crippen molar-refractivity contribution in [1.29, 1.82) is 0 Å². The number of carbonyl (C=O) groups is 2. The summed E-state index contributed by atoms with van der Waals surface area (Å²) >= 11 is 0. The van der Waals surface area contributed by atoms with E-state index in [9.17, 15) is 9.59 Å². The molecule has 0 saturated heterocycles. The minimum absolute atomic E-state index is 0.267. The molecule has 0 aromatic heterocycles. The van der Waals surface area contributed by atoms with Gasteiger partial charge in [-0.3, -0.25) is 9.59 Å². The molecule has 0 aliphatic heterocycles. The van der Waals surface area contributed by atoms with Crippen LogP contribution in [0.4, 0.5) is 0 Å². The smallest absolute Gasteiger partial charge is 0.325 e. The summed E-state index contributed by atoms with van der Waals surface area (Å²) in [6, 6.07) is 7.06. The molecule has 1 unspecified atom stereocenters. The fourth-order valence-electron chi connectivity index (χ4n) is 1.97. The molecule has 2 atom stereocenters. The minimum Gasteiger partial charge on any atom is -0.480 e. The molecular formula is C16H23NO3. The number of hydrogen-bond donors (Lipinski definition) is 2. The van der Waals surface area contributed by atoms with Gasteiger partial charge in [-0.15, -0.1) is 0 Å². The first-order valence-corrected chi connectivity index (χ1v) is 6.93. The maximum atomic E-state index is 11.9. The average molecular weight is 277 g/mol. The van der Waals surface area contributed by atoms with Crippen LogP contribution in [0.3, 0.4) is 0 Å². The molecule has 1 rings (SSSR count). The van der Waals surface area contributed by atoms with Crippen LogP contribution in [0.15, 0.2) is 24.3 Å². The zero-order valence-electron chi connectivity index (χ0n) is 12.5. The Labute approximate surface area is 120 Å². The molecule has 0 bridgehead atoms. The molecule has 0 spiro atoms. The first kappa shape index (κ1) is 16.2. The van der Waals surface area contributed by atoms with Crippen LogP contribution in [-0.4, -0.2) is 23.0 Å². The molecule has 0 heterocycles. The number of carboxylic acids is 1. The van der Waals surface area contributed by atoms with Crippen LogP contribution in [0.25, 0.3) is 0 Å². The number of nitrogens with one attached hydrogen (secondary N) is 1. The summed E-state index contributed by atoms with van der Waals surface area (Å²) in [6.45, 7) is 7.56. The highest BCUT2D eigenvalue weighted by Gasteiger charge is 2.20. The topological polar surface area (TPSA) is 66.4 Å². The van der Waals surface area contributed by atoms with Crippen LogP contribution in [0.2, 0.25) is 0 Å². The van der Waals surface area contributed by atoms with Gasteiger partial charge in [-0.2, -0.15) is 0 Å². The van der Waals surface area contributed by atoms with E-state index in [1.54, 1.807) is 6.92 Å². The van der Waals surface area contributed by atoms with Crippen molar-refractivity contribution in [2.75, 3.05) is 0 Å². The van der Waals surface area contributed by atoms with E-state index in [0.717, 1.165) is 12.0 Å². The molecule has 0 radical (unpaired) electrons. The Kier molecular flexibility index (Phi) is 5.74. The maximum Gasteiger partial charge on any atom is 0.325 e. The summed E-state index contributed by atoms with van der Waals surface area (Å²) < 4.78 is 0. The van der Waals surface area contributed by atoms with E-state index in [1.807, 2.05) is 24.3 Å². The first-order valence-electron chi connectivity index (χ1n) is 6.93. The van der Waals surface area contributed by atoms with Crippen LogP contribution in [-0.2, 0) is 16.0 Å². The molecule has 20 heavy (non-hydrogen) atoms. The Morgan fingerprint density at radius 3 is 2.10 bits per heavy atom. The average Bonchev–Trinajstić information content (AvgIpc) is 2.37. The summed E-state index contributed by atoms with van der Waals surface area (Å²) in [5, 5.41) is 11.3. The van der Waals surface area contributed by atoms with Crippen molar-refractivity contribution < 1.29 is 14.7 Å². The zero-order chi connectivity index (χ0) is 15.3. The molecule has 1 aromatic rings. The number of carboxylic acid groups (broad SMARTS) is 1. The van der Waals surface area contributed by atoms with Crippen LogP contribution < -0.4 is 5.32 Å². The standard InChI is InChI=1S/C16H23NO3/c1-10(2)9-13-5-7-14(8-6-13)11(3)15(18)17-12(4)16(19)20/h5-8,10-12H,9H2,1-4H3,(H,17,18)(H,19,20)/t11?,12-/m0/s1. The van der Waals surface area contributed by atoms with Crippen LogP contribution in [0, 0.1) is 5.92 Å². The molecule has 1 aromatic carbocycles.